The smallest absolute Gasteiger partial charge is 0.185 e. The number of aromatic amines is 2. The molecule has 7 aromatic rings. The molecule has 0 bridgehead atoms. The van der Waals surface area contributed by atoms with Crippen molar-refractivity contribution in [2.45, 2.75) is 30.1 Å². The van der Waals surface area contributed by atoms with Crippen LogP contribution in [-0.4, -0.2) is 33.5 Å². The van der Waals surface area contributed by atoms with Crippen LogP contribution in [0.4, 0.5) is 0 Å². The summed E-state index contributed by atoms with van der Waals surface area (Å²) < 4.78 is 25.7. The molecule has 4 aromatic heterocycles. The highest BCUT2D eigenvalue weighted by molar-refractivity contribution is 7.91. The van der Waals surface area contributed by atoms with Crippen LogP contribution in [0.1, 0.15) is 36.3 Å². The lowest BCUT2D eigenvalue weighted by atomic mass is 10.1. The average Bonchev–Trinajstić information content (AvgIpc) is 3.55. The summed E-state index contributed by atoms with van der Waals surface area (Å²) in [5.41, 5.74) is 5.41. The van der Waals surface area contributed by atoms with Gasteiger partial charge in [0.05, 0.1) is 16.2 Å². The summed E-state index contributed by atoms with van der Waals surface area (Å²) in [5, 5.41) is 13.1. The lowest BCUT2D eigenvalue weighted by Gasteiger charge is -2.13. The predicted molar refractivity (Wildman–Crippen MR) is 160 cm³/mol. The fourth-order valence-electron chi connectivity index (χ4n) is 4.99. The van der Waals surface area contributed by atoms with E-state index in [2.05, 4.69) is 19.9 Å². The molecule has 4 heterocycles. The number of sulfone groups is 1. The molecule has 0 fully saturated rings. The van der Waals surface area contributed by atoms with Gasteiger partial charge in [0.2, 0.25) is 0 Å². The first-order valence-corrected chi connectivity index (χ1v) is 14.6. The van der Waals surface area contributed by atoms with E-state index in [4.69, 9.17) is 0 Å². The number of hydrogen-bond acceptors (Lipinski definition) is 5. The zero-order chi connectivity index (χ0) is 27.9. The monoisotopic (exact) mass is 548 g/mol. The Hall–Kier alpha value is -4.53. The highest BCUT2D eigenvalue weighted by Crippen LogP contribution is 2.32. The van der Waals surface area contributed by atoms with Gasteiger partial charge in [-0.15, -0.1) is 0 Å². The predicted octanol–water partition coefficient (Wildman–Crippen LogP) is 7.02. The number of nitrogens with one attached hydrogen (secondary N) is 2. The molecule has 0 spiro atoms. The second-order valence-electron chi connectivity index (χ2n) is 9.84. The van der Waals surface area contributed by atoms with Gasteiger partial charge < -0.3 is 15.1 Å². The van der Waals surface area contributed by atoms with Crippen molar-refractivity contribution in [3.8, 4) is 0 Å². The highest BCUT2D eigenvalue weighted by atomic mass is 32.2. The van der Waals surface area contributed by atoms with Gasteiger partial charge >= 0.3 is 0 Å². The molecule has 0 saturated heterocycles. The average molecular weight is 549 g/mol. The van der Waals surface area contributed by atoms with E-state index < -0.39 is 21.2 Å². The van der Waals surface area contributed by atoms with Crippen molar-refractivity contribution < 1.29 is 13.5 Å². The topological polar surface area (TPSA) is 112 Å². The van der Waals surface area contributed by atoms with Crippen LogP contribution in [-0.2, 0) is 9.84 Å². The number of aliphatic hydroxyl groups is 1. The summed E-state index contributed by atoms with van der Waals surface area (Å²) in [6.45, 7) is 3.50. The van der Waals surface area contributed by atoms with E-state index >= 15 is 0 Å². The van der Waals surface area contributed by atoms with Gasteiger partial charge in [-0.2, -0.15) is 0 Å². The third-order valence-electron chi connectivity index (χ3n) is 7.28. The van der Waals surface area contributed by atoms with Crippen LogP contribution < -0.4 is 0 Å². The summed E-state index contributed by atoms with van der Waals surface area (Å²) in [6.07, 6.45) is 3.07. The molecular weight excluding hydrogens is 520 g/mol. The maximum absolute atomic E-state index is 12.9. The Balaban J connectivity index is 0.000000157. The third-order valence-corrected chi connectivity index (χ3v) is 9.41. The van der Waals surface area contributed by atoms with E-state index in [-0.39, 0.29) is 0 Å². The third kappa shape index (κ3) is 4.61. The van der Waals surface area contributed by atoms with Crippen molar-refractivity contribution in [1.29, 1.82) is 0 Å². The number of aromatic nitrogens is 4. The molecule has 0 aliphatic carbocycles. The molecule has 0 amide bonds. The number of aliphatic hydroxyl groups excluding tert-OH is 1. The first-order chi connectivity index (χ1) is 19.3. The Kier molecular flexibility index (Phi) is 6.57. The van der Waals surface area contributed by atoms with Crippen LogP contribution in [0, 0.1) is 0 Å². The van der Waals surface area contributed by atoms with E-state index in [0.29, 0.717) is 4.90 Å². The largest absolute Gasteiger partial charge is 0.389 e. The molecule has 3 N–H and O–H groups in total. The van der Waals surface area contributed by atoms with Crippen LogP contribution in [0.5, 0.6) is 0 Å². The molecule has 2 atom stereocenters. The van der Waals surface area contributed by atoms with Gasteiger partial charge in [0.1, 0.15) is 11.3 Å². The van der Waals surface area contributed by atoms with Crippen molar-refractivity contribution in [1.82, 2.24) is 19.9 Å². The van der Waals surface area contributed by atoms with Crippen LogP contribution in [0.3, 0.4) is 0 Å². The number of nitrogens with zero attached hydrogens (tertiary/aromatic N) is 2. The second-order valence-corrected chi connectivity index (χ2v) is 12.1. The first-order valence-electron chi connectivity index (χ1n) is 13.0. The molecule has 0 saturated carbocycles. The molecule has 3 aromatic carbocycles. The summed E-state index contributed by atoms with van der Waals surface area (Å²) in [5.74, 6) is 0. The molecule has 7 nitrogen and oxygen atoms in total. The number of rotatable bonds is 4. The normalized spacial score (nSPS) is 13.4. The zero-order valence-electron chi connectivity index (χ0n) is 22.0. The first kappa shape index (κ1) is 25.7. The Labute approximate surface area is 231 Å². The van der Waals surface area contributed by atoms with Gasteiger partial charge in [-0.05, 0) is 85.6 Å². The van der Waals surface area contributed by atoms with Gasteiger partial charge in [0.25, 0.3) is 0 Å². The SMILES string of the molecule is CC(O)c1ccc2[nH]c3ncccc3c2c1.CC(c1ccc2[nH]c3ncccc3c2c1)S(=O)(=O)c1ccccc1. The molecule has 0 aliphatic heterocycles. The van der Waals surface area contributed by atoms with Crippen LogP contribution >= 0.6 is 0 Å². The van der Waals surface area contributed by atoms with Gasteiger partial charge in [-0.1, -0.05) is 30.3 Å². The van der Waals surface area contributed by atoms with Gasteiger partial charge in [0, 0.05) is 45.0 Å². The second kappa shape index (κ2) is 10.2. The number of pyridine rings is 2. The number of fused-ring (bicyclic) bond motifs is 6. The summed E-state index contributed by atoms with van der Waals surface area (Å²) >= 11 is 0. The number of hydrogen-bond donors (Lipinski definition) is 3. The lowest BCUT2D eigenvalue weighted by molar-refractivity contribution is 0.199. The number of H-pyrrole nitrogens is 2. The lowest BCUT2D eigenvalue weighted by Crippen LogP contribution is -2.10. The van der Waals surface area contributed by atoms with Gasteiger partial charge in [0.15, 0.2) is 9.84 Å². The van der Waals surface area contributed by atoms with Crippen molar-refractivity contribution >= 4 is 53.7 Å². The molecular formula is C32H28N4O3S. The van der Waals surface area contributed by atoms with Crippen molar-refractivity contribution in [2.75, 3.05) is 0 Å². The summed E-state index contributed by atoms with van der Waals surface area (Å²) in [4.78, 5) is 15.4. The zero-order valence-corrected chi connectivity index (χ0v) is 22.9. The molecule has 40 heavy (non-hydrogen) atoms. The Morgan fingerprint density at radius 1 is 0.650 bits per heavy atom. The molecule has 200 valence electrons. The molecule has 2 unspecified atom stereocenters. The molecule has 8 heteroatoms. The van der Waals surface area contributed by atoms with Crippen LogP contribution in [0.25, 0.3) is 43.9 Å². The van der Waals surface area contributed by atoms with Gasteiger partial charge in [-0.3, -0.25) is 0 Å². The maximum Gasteiger partial charge on any atom is 0.185 e. The highest BCUT2D eigenvalue weighted by Gasteiger charge is 2.25. The summed E-state index contributed by atoms with van der Waals surface area (Å²) in [6, 6.07) is 28.1. The minimum Gasteiger partial charge on any atom is -0.389 e. The maximum atomic E-state index is 12.9. The Morgan fingerprint density at radius 3 is 1.73 bits per heavy atom. The van der Waals surface area contributed by atoms with E-state index in [1.807, 2.05) is 66.7 Å². The van der Waals surface area contributed by atoms with E-state index in [9.17, 15) is 13.5 Å². The molecule has 0 radical (unpaired) electrons. The fraction of sp³-hybridized carbons (Fsp3) is 0.125. The Bertz CT molecular complexity index is 2080. The summed E-state index contributed by atoms with van der Waals surface area (Å²) in [7, 11) is -3.42. The van der Waals surface area contributed by atoms with Crippen molar-refractivity contribution in [3.05, 3.63) is 115 Å². The molecule has 0 aliphatic rings. The minimum absolute atomic E-state index is 0.346. The number of benzene rings is 3. The van der Waals surface area contributed by atoms with Crippen molar-refractivity contribution in [2.24, 2.45) is 0 Å². The van der Waals surface area contributed by atoms with Crippen molar-refractivity contribution in [3.63, 3.8) is 0 Å². The van der Waals surface area contributed by atoms with Gasteiger partial charge in [-0.25, -0.2) is 18.4 Å². The minimum atomic E-state index is -3.42. The van der Waals surface area contributed by atoms with E-state index in [1.165, 1.54) is 0 Å². The fourth-order valence-corrected chi connectivity index (χ4v) is 6.44. The van der Waals surface area contributed by atoms with E-state index in [1.54, 1.807) is 50.5 Å². The quantitative estimate of drug-likeness (QED) is 0.219. The van der Waals surface area contributed by atoms with Crippen LogP contribution in [0.15, 0.2) is 108 Å². The molecule has 7 rings (SSSR count). The van der Waals surface area contributed by atoms with Crippen LogP contribution in [0.2, 0.25) is 0 Å². The Morgan fingerprint density at radius 2 is 1.18 bits per heavy atom. The van der Waals surface area contributed by atoms with E-state index in [0.717, 1.165) is 55.0 Å². The standard InChI is InChI=1S/C19H16N2O2S.C13H12N2O/c1-13(24(22,23)15-6-3-2-4-7-15)14-9-10-18-17(12-14)16-8-5-11-20-19(16)21-18;1-8(16)9-4-5-12-11(7-9)10-3-2-6-14-13(10)15-12/h2-13H,1H3,(H,20,21);2-8,16H,1H3,(H,14,15).